The van der Waals surface area contributed by atoms with Gasteiger partial charge in [-0.25, -0.2) is 0 Å². The Bertz CT molecular complexity index is 880. The van der Waals surface area contributed by atoms with Crippen molar-refractivity contribution in [2.24, 2.45) is 0 Å². The van der Waals surface area contributed by atoms with Crippen LogP contribution in [0.2, 0.25) is 5.02 Å². The molecule has 1 aliphatic rings. The quantitative estimate of drug-likeness (QED) is 0.385. The molecule has 5 nitrogen and oxygen atoms in total. The van der Waals surface area contributed by atoms with E-state index in [9.17, 15) is 0 Å². The Balaban J connectivity index is 1.46. The van der Waals surface area contributed by atoms with Gasteiger partial charge < -0.3 is 9.47 Å². The van der Waals surface area contributed by atoms with Gasteiger partial charge in [-0.1, -0.05) is 41.6 Å². The molecule has 1 aliphatic heterocycles. The van der Waals surface area contributed by atoms with Crippen LogP contribution >= 0.6 is 23.4 Å². The summed E-state index contributed by atoms with van der Waals surface area (Å²) in [5.74, 6) is 2.52. The lowest BCUT2D eigenvalue weighted by molar-refractivity contribution is 0.0953. The molecule has 0 bridgehead atoms. The van der Waals surface area contributed by atoms with Crippen LogP contribution in [0.25, 0.3) is 11.4 Å². The molecule has 28 heavy (non-hydrogen) atoms. The van der Waals surface area contributed by atoms with Crippen molar-refractivity contribution in [2.45, 2.75) is 30.6 Å². The number of para-hydroxylation sites is 1. The van der Waals surface area contributed by atoms with Gasteiger partial charge >= 0.3 is 0 Å². The van der Waals surface area contributed by atoms with Crippen molar-refractivity contribution in [3.05, 3.63) is 59.6 Å². The van der Waals surface area contributed by atoms with Gasteiger partial charge in [-0.05, 0) is 49.2 Å². The average molecular weight is 416 g/mol. The third-order valence-electron chi connectivity index (χ3n) is 4.56. The summed E-state index contributed by atoms with van der Waals surface area (Å²) in [6.45, 7) is 2.20. The molecule has 4 rings (SSSR count). The molecule has 7 heteroatoms. The zero-order chi connectivity index (χ0) is 19.2. The molecular weight excluding hydrogens is 394 g/mol. The fraction of sp³-hybridized carbons (Fsp3) is 0.333. The molecule has 146 valence electrons. The van der Waals surface area contributed by atoms with Crippen LogP contribution in [0.3, 0.4) is 0 Å². The predicted octanol–water partition coefficient (Wildman–Crippen LogP) is 4.95. The van der Waals surface area contributed by atoms with Crippen molar-refractivity contribution < 1.29 is 9.47 Å². The van der Waals surface area contributed by atoms with Crippen molar-refractivity contribution in [3.63, 3.8) is 0 Å². The van der Waals surface area contributed by atoms with Gasteiger partial charge in [-0.2, -0.15) is 0 Å². The maximum absolute atomic E-state index is 6.04. The van der Waals surface area contributed by atoms with Crippen molar-refractivity contribution in [3.8, 4) is 17.1 Å². The number of hydrogen-bond donors (Lipinski definition) is 0. The standard InChI is InChI=1S/C21H22ClN3O2S/c22-17-10-8-16(9-11-17)20-23-24-21(25(20)15-19-7-4-12-26-19)28-14-13-27-18-5-2-1-3-6-18/h1-3,5-6,8-11,19H,4,7,12-15H2/t19-/m1/s1. The largest absolute Gasteiger partial charge is 0.493 e. The van der Waals surface area contributed by atoms with E-state index < -0.39 is 0 Å². The summed E-state index contributed by atoms with van der Waals surface area (Å²) >= 11 is 7.69. The summed E-state index contributed by atoms with van der Waals surface area (Å²) in [6, 6.07) is 17.6. The highest BCUT2D eigenvalue weighted by molar-refractivity contribution is 7.99. The number of ether oxygens (including phenoxy) is 2. The number of nitrogens with zero attached hydrogens (tertiary/aromatic N) is 3. The van der Waals surface area contributed by atoms with E-state index in [-0.39, 0.29) is 6.10 Å². The zero-order valence-electron chi connectivity index (χ0n) is 15.5. The minimum atomic E-state index is 0.210. The summed E-state index contributed by atoms with van der Waals surface area (Å²) < 4.78 is 13.8. The minimum Gasteiger partial charge on any atom is -0.493 e. The fourth-order valence-electron chi connectivity index (χ4n) is 3.17. The second-order valence-corrected chi connectivity index (χ2v) is 8.07. The molecule has 2 aromatic carbocycles. The lowest BCUT2D eigenvalue weighted by Gasteiger charge is -2.15. The first-order valence-electron chi connectivity index (χ1n) is 9.41. The monoisotopic (exact) mass is 415 g/mol. The summed E-state index contributed by atoms with van der Waals surface area (Å²) in [5, 5.41) is 10.5. The highest BCUT2D eigenvalue weighted by Crippen LogP contribution is 2.27. The van der Waals surface area contributed by atoms with E-state index in [1.165, 1.54) is 0 Å². The van der Waals surface area contributed by atoms with E-state index in [1.54, 1.807) is 11.8 Å². The molecule has 0 N–H and O–H groups in total. The average Bonchev–Trinajstić information content (AvgIpc) is 3.38. The Kier molecular flexibility index (Phi) is 6.52. The van der Waals surface area contributed by atoms with Crippen LogP contribution < -0.4 is 4.74 Å². The number of rotatable bonds is 8. The topological polar surface area (TPSA) is 49.2 Å². The van der Waals surface area contributed by atoms with Gasteiger partial charge in [0.15, 0.2) is 11.0 Å². The summed E-state index contributed by atoms with van der Waals surface area (Å²) in [7, 11) is 0. The Morgan fingerprint density at radius 3 is 2.68 bits per heavy atom. The lowest BCUT2D eigenvalue weighted by Crippen LogP contribution is -2.17. The lowest BCUT2D eigenvalue weighted by atomic mass is 10.2. The highest BCUT2D eigenvalue weighted by Gasteiger charge is 2.21. The molecule has 0 saturated carbocycles. The van der Waals surface area contributed by atoms with Crippen LogP contribution in [0, 0.1) is 0 Å². The van der Waals surface area contributed by atoms with Gasteiger partial charge in [0.25, 0.3) is 0 Å². The van der Waals surface area contributed by atoms with Crippen molar-refractivity contribution in [2.75, 3.05) is 19.0 Å². The Hall–Kier alpha value is -2.02. The van der Waals surface area contributed by atoms with Crippen LogP contribution in [0.4, 0.5) is 0 Å². The third-order valence-corrected chi connectivity index (χ3v) is 5.74. The second kappa shape index (κ2) is 9.45. The molecule has 3 aromatic rings. The number of thioether (sulfide) groups is 1. The molecular formula is C21H22ClN3O2S. The highest BCUT2D eigenvalue weighted by atomic mass is 35.5. The van der Waals surface area contributed by atoms with Crippen LogP contribution in [0.5, 0.6) is 5.75 Å². The van der Waals surface area contributed by atoms with E-state index in [4.69, 9.17) is 21.1 Å². The van der Waals surface area contributed by atoms with Gasteiger partial charge in [0.2, 0.25) is 0 Å². The SMILES string of the molecule is Clc1ccc(-c2nnc(SCCOc3ccccc3)n2C[C@H]2CCCO2)cc1. The van der Waals surface area contributed by atoms with E-state index in [2.05, 4.69) is 14.8 Å². The minimum absolute atomic E-state index is 0.210. The molecule has 0 amide bonds. The smallest absolute Gasteiger partial charge is 0.191 e. The maximum atomic E-state index is 6.04. The summed E-state index contributed by atoms with van der Waals surface area (Å²) in [6.07, 6.45) is 2.39. The van der Waals surface area contributed by atoms with E-state index >= 15 is 0 Å². The van der Waals surface area contributed by atoms with Crippen molar-refractivity contribution in [1.29, 1.82) is 0 Å². The van der Waals surface area contributed by atoms with Crippen molar-refractivity contribution in [1.82, 2.24) is 14.8 Å². The maximum Gasteiger partial charge on any atom is 0.191 e. The zero-order valence-corrected chi connectivity index (χ0v) is 17.0. The van der Waals surface area contributed by atoms with Crippen LogP contribution in [0.15, 0.2) is 59.8 Å². The molecule has 0 radical (unpaired) electrons. The molecule has 0 aliphatic carbocycles. The van der Waals surface area contributed by atoms with E-state index in [1.807, 2.05) is 54.6 Å². The molecule has 1 fully saturated rings. The number of benzene rings is 2. The predicted molar refractivity (Wildman–Crippen MR) is 112 cm³/mol. The summed E-state index contributed by atoms with van der Waals surface area (Å²) in [4.78, 5) is 0. The second-order valence-electron chi connectivity index (χ2n) is 6.57. The first-order chi connectivity index (χ1) is 13.8. The molecule has 1 saturated heterocycles. The van der Waals surface area contributed by atoms with Gasteiger partial charge in [0, 0.05) is 22.9 Å². The summed E-state index contributed by atoms with van der Waals surface area (Å²) in [5.41, 5.74) is 1.00. The number of halogens is 1. The van der Waals surface area contributed by atoms with Gasteiger partial charge in [0.1, 0.15) is 5.75 Å². The first-order valence-corrected chi connectivity index (χ1v) is 10.8. The van der Waals surface area contributed by atoms with Gasteiger partial charge in [-0.3, -0.25) is 4.57 Å². The Labute approximate surface area is 174 Å². The molecule has 1 aromatic heterocycles. The van der Waals surface area contributed by atoms with Gasteiger partial charge in [0.05, 0.1) is 19.3 Å². The van der Waals surface area contributed by atoms with E-state index in [0.29, 0.717) is 11.6 Å². The number of aromatic nitrogens is 3. The van der Waals surface area contributed by atoms with Crippen LogP contribution in [-0.2, 0) is 11.3 Å². The molecule has 0 unspecified atom stereocenters. The first kappa shape index (κ1) is 19.3. The number of hydrogen-bond acceptors (Lipinski definition) is 5. The van der Waals surface area contributed by atoms with E-state index in [0.717, 1.165) is 54.0 Å². The molecule has 1 atom stereocenters. The molecule has 0 spiro atoms. The Morgan fingerprint density at radius 1 is 1.11 bits per heavy atom. The normalized spacial score (nSPS) is 16.4. The van der Waals surface area contributed by atoms with Crippen LogP contribution in [-0.4, -0.2) is 39.8 Å². The fourth-order valence-corrected chi connectivity index (χ4v) is 4.06. The third kappa shape index (κ3) is 4.87. The Morgan fingerprint density at radius 2 is 1.93 bits per heavy atom. The van der Waals surface area contributed by atoms with Gasteiger partial charge in [-0.15, -0.1) is 10.2 Å². The van der Waals surface area contributed by atoms with Crippen LogP contribution in [0.1, 0.15) is 12.8 Å². The molecule has 2 heterocycles. The van der Waals surface area contributed by atoms with Crippen molar-refractivity contribution >= 4 is 23.4 Å².